The second-order valence-corrected chi connectivity index (χ2v) is 3.39. The van der Waals surface area contributed by atoms with E-state index in [4.69, 9.17) is 16.0 Å². The van der Waals surface area contributed by atoms with Crippen molar-refractivity contribution in [3.63, 3.8) is 0 Å². The molecule has 2 rings (SSSR count). The Morgan fingerprint density at radius 2 is 2.09 bits per heavy atom. The van der Waals surface area contributed by atoms with Crippen molar-refractivity contribution >= 4 is 38.5 Å². The van der Waals surface area contributed by atoms with E-state index in [1.54, 1.807) is 12.3 Å². The van der Waals surface area contributed by atoms with Crippen LogP contribution in [0.15, 0.2) is 33.4 Å². The normalized spacial score (nSPS) is 10.7. The fourth-order valence-electron chi connectivity index (χ4n) is 0.982. The van der Waals surface area contributed by atoms with E-state index in [1.165, 1.54) is 0 Å². The SMILES string of the molecule is Clc1ccc2occc2c1Br. The zero-order valence-electron chi connectivity index (χ0n) is 5.47. The third kappa shape index (κ3) is 1.06. The lowest BCUT2D eigenvalue weighted by atomic mass is 10.3. The number of fused-ring (bicyclic) bond motifs is 1. The first-order valence-corrected chi connectivity index (χ1v) is 4.27. The number of halogens is 2. The van der Waals surface area contributed by atoms with Crippen molar-refractivity contribution in [2.24, 2.45) is 0 Å². The molecule has 2 aromatic rings. The van der Waals surface area contributed by atoms with Gasteiger partial charge in [-0.15, -0.1) is 0 Å². The summed E-state index contributed by atoms with van der Waals surface area (Å²) in [4.78, 5) is 0. The molecule has 0 amide bonds. The lowest BCUT2D eigenvalue weighted by molar-refractivity contribution is 0.616. The van der Waals surface area contributed by atoms with Crippen LogP contribution in [-0.2, 0) is 0 Å². The van der Waals surface area contributed by atoms with Crippen molar-refractivity contribution in [3.8, 4) is 0 Å². The van der Waals surface area contributed by atoms with Gasteiger partial charge in [0, 0.05) is 9.86 Å². The first-order chi connectivity index (χ1) is 5.29. The molecule has 0 aliphatic heterocycles. The minimum atomic E-state index is 0.707. The van der Waals surface area contributed by atoms with Crippen LogP contribution in [0.5, 0.6) is 0 Å². The smallest absolute Gasteiger partial charge is 0.135 e. The predicted molar refractivity (Wildman–Crippen MR) is 48.9 cm³/mol. The van der Waals surface area contributed by atoms with Crippen LogP contribution in [0.25, 0.3) is 11.0 Å². The molecule has 0 fully saturated rings. The van der Waals surface area contributed by atoms with E-state index in [9.17, 15) is 0 Å². The van der Waals surface area contributed by atoms with Crippen LogP contribution < -0.4 is 0 Å². The Morgan fingerprint density at radius 1 is 1.27 bits per heavy atom. The summed E-state index contributed by atoms with van der Waals surface area (Å²) in [5.41, 5.74) is 0.848. The van der Waals surface area contributed by atoms with Gasteiger partial charge in [0.1, 0.15) is 5.58 Å². The lowest BCUT2D eigenvalue weighted by Gasteiger charge is -1.94. The molecule has 3 heteroatoms. The fourth-order valence-corrected chi connectivity index (χ4v) is 1.61. The summed E-state index contributed by atoms with van der Waals surface area (Å²) in [6.45, 7) is 0. The van der Waals surface area contributed by atoms with Crippen LogP contribution in [0.4, 0.5) is 0 Å². The van der Waals surface area contributed by atoms with E-state index >= 15 is 0 Å². The molecule has 0 unspecified atom stereocenters. The van der Waals surface area contributed by atoms with Gasteiger partial charge in [-0.25, -0.2) is 0 Å². The molecule has 1 nitrogen and oxygen atoms in total. The quantitative estimate of drug-likeness (QED) is 0.671. The van der Waals surface area contributed by atoms with E-state index in [-0.39, 0.29) is 0 Å². The second kappa shape index (κ2) is 2.54. The van der Waals surface area contributed by atoms with Crippen molar-refractivity contribution in [2.75, 3.05) is 0 Å². The molecule has 1 aromatic carbocycles. The van der Waals surface area contributed by atoms with E-state index in [2.05, 4.69) is 15.9 Å². The van der Waals surface area contributed by atoms with E-state index in [0.29, 0.717) is 5.02 Å². The first-order valence-electron chi connectivity index (χ1n) is 3.10. The third-order valence-electron chi connectivity index (χ3n) is 1.52. The number of benzene rings is 1. The zero-order valence-corrected chi connectivity index (χ0v) is 7.82. The lowest BCUT2D eigenvalue weighted by Crippen LogP contribution is -1.68. The van der Waals surface area contributed by atoms with E-state index < -0.39 is 0 Å². The molecule has 0 aliphatic rings. The maximum atomic E-state index is 5.86. The first kappa shape index (κ1) is 7.19. The molecule has 0 saturated carbocycles. The fraction of sp³-hybridized carbons (Fsp3) is 0. The molecule has 0 bridgehead atoms. The van der Waals surface area contributed by atoms with Crippen LogP contribution in [0.2, 0.25) is 5.02 Å². The molecule has 0 radical (unpaired) electrons. The van der Waals surface area contributed by atoms with Gasteiger partial charge in [0.25, 0.3) is 0 Å². The Balaban J connectivity index is 2.93. The Bertz CT molecular complexity index is 394. The number of furan rings is 1. The Labute approximate surface area is 77.1 Å². The Hall–Kier alpha value is -0.470. The number of hydrogen-bond acceptors (Lipinski definition) is 1. The van der Waals surface area contributed by atoms with Gasteiger partial charge in [-0.2, -0.15) is 0 Å². The third-order valence-corrected chi connectivity index (χ3v) is 2.92. The van der Waals surface area contributed by atoms with Crippen molar-refractivity contribution < 1.29 is 4.42 Å². The van der Waals surface area contributed by atoms with Gasteiger partial charge in [0.2, 0.25) is 0 Å². The standard InChI is InChI=1S/C8H4BrClO/c9-8-5-3-4-11-7(5)2-1-6(8)10/h1-4H. The number of hydrogen-bond donors (Lipinski definition) is 0. The topological polar surface area (TPSA) is 13.1 Å². The average molecular weight is 231 g/mol. The van der Waals surface area contributed by atoms with Crippen LogP contribution in [0.3, 0.4) is 0 Å². The minimum Gasteiger partial charge on any atom is -0.464 e. The highest BCUT2D eigenvalue weighted by atomic mass is 79.9. The molecule has 0 aliphatic carbocycles. The molecule has 0 N–H and O–H groups in total. The molecule has 0 spiro atoms. The van der Waals surface area contributed by atoms with Crippen molar-refractivity contribution in [2.45, 2.75) is 0 Å². The monoisotopic (exact) mass is 230 g/mol. The summed E-state index contributed by atoms with van der Waals surface area (Å²) < 4.78 is 6.06. The average Bonchev–Trinajstić information content (AvgIpc) is 2.45. The van der Waals surface area contributed by atoms with E-state index in [0.717, 1.165) is 15.4 Å². The molecule has 11 heavy (non-hydrogen) atoms. The maximum Gasteiger partial charge on any atom is 0.135 e. The zero-order chi connectivity index (χ0) is 7.84. The molecule has 1 heterocycles. The van der Waals surface area contributed by atoms with E-state index in [1.807, 2.05) is 12.1 Å². The summed E-state index contributed by atoms with van der Waals surface area (Å²) in [5.74, 6) is 0. The summed E-state index contributed by atoms with van der Waals surface area (Å²) in [5, 5.41) is 1.72. The second-order valence-electron chi connectivity index (χ2n) is 2.19. The largest absolute Gasteiger partial charge is 0.464 e. The highest BCUT2D eigenvalue weighted by molar-refractivity contribution is 9.10. The van der Waals surface area contributed by atoms with Crippen molar-refractivity contribution in [1.29, 1.82) is 0 Å². The van der Waals surface area contributed by atoms with Gasteiger partial charge in [0.15, 0.2) is 0 Å². The summed E-state index contributed by atoms with van der Waals surface area (Å²) in [6.07, 6.45) is 1.64. The number of rotatable bonds is 0. The molecular formula is C8H4BrClO. The minimum absolute atomic E-state index is 0.707. The molecule has 0 saturated heterocycles. The molecular weight excluding hydrogens is 227 g/mol. The maximum absolute atomic E-state index is 5.86. The molecule has 56 valence electrons. The summed E-state index contributed by atoms with van der Waals surface area (Å²) >= 11 is 9.22. The Kier molecular flexibility index (Phi) is 1.66. The molecule has 1 aromatic heterocycles. The van der Waals surface area contributed by atoms with Gasteiger partial charge >= 0.3 is 0 Å². The van der Waals surface area contributed by atoms with Crippen LogP contribution in [-0.4, -0.2) is 0 Å². The van der Waals surface area contributed by atoms with Crippen LogP contribution in [0.1, 0.15) is 0 Å². The van der Waals surface area contributed by atoms with Crippen molar-refractivity contribution in [3.05, 3.63) is 34.0 Å². The van der Waals surface area contributed by atoms with Crippen molar-refractivity contribution in [1.82, 2.24) is 0 Å². The highest BCUT2D eigenvalue weighted by Gasteiger charge is 2.03. The van der Waals surface area contributed by atoms with Crippen LogP contribution >= 0.6 is 27.5 Å². The summed E-state index contributed by atoms with van der Waals surface area (Å²) in [6, 6.07) is 5.53. The molecule has 0 atom stereocenters. The van der Waals surface area contributed by atoms with Crippen LogP contribution in [0, 0.1) is 0 Å². The van der Waals surface area contributed by atoms with Gasteiger partial charge < -0.3 is 4.42 Å². The van der Waals surface area contributed by atoms with Gasteiger partial charge in [-0.05, 0) is 34.1 Å². The Morgan fingerprint density at radius 3 is 2.91 bits per heavy atom. The summed E-state index contributed by atoms with van der Waals surface area (Å²) in [7, 11) is 0. The van der Waals surface area contributed by atoms with Gasteiger partial charge in [0.05, 0.1) is 11.3 Å². The predicted octanol–water partition coefficient (Wildman–Crippen LogP) is 3.85. The highest BCUT2D eigenvalue weighted by Crippen LogP contribution is 2.31. The van der Waals surface area contributed by atoms with Gasteiger partial charge in [-0.3, -0.25) is 0 Å². The van der Waals surface area contributed by atoms with Gasteiger partial charge in [-0.1, -0.05) is 11.6 Å².